The van der Waals surface area contributed by atoms with Crippen molar-refractivity contribution >= 4 is 5.71 Å². The van der Waals surface area contributed by atoms with E-state index in [0.717, 1.165) is 6.54 Å². The van der Waals surface area contributed by atoms with Crippen molar-refractivity contribution in [3.8, 4) is 0 Å². The van der Waals surface area contributed by atoms with Crippen LogP contribution in [0.15, 0.2) is 12.2 Å². The number of hydrogen-bond donors (Lipinski definition) is 2. The monoisotopic (exact) mass is 112 g/mol. The molecule has 46 valence electrons. The fourth-order valence-electron chi connectivity index (χ4n) is 0.354. The molecular formula is C6H12N2. The predicted molar refractivity (Wildman–Crippen MR) is 36.5 cm³/mol. The van der Waals surface area contributed by atoms with Gasteiger partial charge >= 0.3 is 0 Å². The Morgan fingerprint density at radius 3 is 2.75 bits per heavy atom. The van der Waals surface area contributed by atoms with Crippen LogP contribution in [0.3, 0.4) is 0 Å². The van der Waals surface area contributed by atoms with Crippen LogP contribution in [0.2, 0.25) is 0 Å². The van der Waals surface area contributed by atoms with Crippen LogP contribution in [0, 0.1) is 5.41 Å². The summed E-state index contributed by atoms with van der Waals surface area (Å²) in [5.74, 6) is 0. The normalized spacial score (nSPS) is 10.2. The van der Waals surface area contributed by atoms with E-state index in [9.17, 15) is 0 Å². The zero-order valence-corrected chi connectivity index (χ0v) is 5.36. The summed E-state index contributed by atoms with van der Waals surface area (Å²) in [6.45, 7) is 2.60. The van der Waals surface area contributed by atoms with Gasteiger partial charge in [-0.1, -0.05) is 6.08 Å². The molecule has 0 rings (SSSR count). The fraction of sp³-hybridized carbons (Fsp3) is 0.500. The third-order valence-corrected chi connectivity index (χ3v) is 0.690. The molecule has 2 nitrogen and oxygen atoms in total. The van der Waals surface area contributed by atoms with Crippen molar-refractivity contribution in [2.75, 3.05) is 13.6 Å². The van der Waals surface area contributed by atoms with Gasteiger partial charge in [0.2, 0.25) is 0 Å². The van der Waals surface area contributed by atoms with E-state index in [1.165, 1.54) is 0 Å². The van der Waals surface area contributed by atoms with E-state index in [2.05, 4.69) is 5.32 Å². The van der Waals surface area contributed by atoms with Gasteiger partial charge in [0.05, 0.1) is 0 Å². The SMILES string of the molecule is CNC/C=C\C(C)=N. The van der Waals surface area contributed by atoms with Crippen molar-refractivity contribution < 1.29 is 0 Å². The van der Waals surface area contributed by atoms with Crippen LogP contribution in [0.4, 0.5) is 0 Å². The molecule has 0 unspecified atom stereocenters. The van der Waals surface area contributed by atoms with Crippen LogP contribution >= 0.6 is 0 Å². The Morgan fingerprint density at radius 1 is 1.75 bits per heavy atom. The maximum atomic E-state index is 6.96. The summed E-state index contributed by atoms with van der Waals surface area (Å²) in [6, 6.07) is 0. The van der Waals surface area contributed by atoms with E-state index in [0.29, 0.717) is 5.71 Å². The first-order valence-electron chi connectivity index (χ1n) is 2.63. The number of nitrogens with one attached hydrogen (secondary N) is 2. The van der Waals surface area contributed by atoms with Crippen LogP contribution < -0.4 is 5.32 Å². The molecular weight excluding hydrogens is 100 g/mol. The van der Waals surface area contributed by atoms with Crippen molar-refractivity contribution in [1.82, 2.24) is 5.32 Å². The zero-order chi connectivity index (χ0) is 6.41. The smallest absolute Gasteiger partial charge is 0.0280 e. The highest BCUT2D eigenvalue weighted by atomic mass is 14.8. The van der Waals surface area contributed by atoms with Crippen molar-refractivity contribution in [2.24, 2.45) is 0 Å². The summed E-state index contributed by atoms with van der Waals surface area (Å²) in [5, 5.41) is 9.90. The maximum absolute atomic E-state index is 6.96. The van der Waals surface area contributed by atoms with E-state index < -0.39 is 0 Å². The third kappa shape index (κ3) is 5.37. The molecule has 0 saturated carbocycles. The van der Waals surface area contributed by atoms with Crippen LogP contribution in [-0.4, -0.2) is 19.3 Å². The second-order valence-electron chi connectivity index (χ2n) is 1.64. The van der Waals surface area contributed by atoms with Gasteiger partial charge in [0.15, 0.2) is 0 Å². The molecule has 0 radical (unpaired) electrons. The fourth-order valence-corrected chi connectivity index (χ4v) is 0.354. The van der Waals surface area contributed by atoms with Crippen molar-refractivity contribution in [1.29, 1.82) is 5.41 Å². The molecule has 0 spiro atoms. The van der Waals surface area contributed by atoms with Gasteiger partial charge in [-0.25, -0.2) is 0 Å². The highest BCUT2D eigenvalue weighted by Gasteiger charge is 1.72. The molecule has 0 aromatic carbocycles. The second-order valence-corrected chi connectivity index (χ2v) is 1.64. The minimum atomic E-state index is 0.597. The summed E-state index contributed by atoms with van der Waals surface area (Å²) in [5.41, 5.74) is 0.597. The molecule has 2 N–H and O–H groups in total. The summed E-state index contributed by atoms with van der Waals surface area (Å²) in [4.78, 5) is 0. The molecule has 0 atom stereocenters. The van der Waals surface area contributed by atoms with Crippen LogP contribution in [0.1, 0.15) is 6.92 Å². The Hall–Kier alpha value is -0.630. The third-order valence-electron chi connectivity index (χ3n) is 0.690. The minimum absolute atomic E-state index is 0.597. The lowest BCUT2D eigenvalue weighted by Crippen LogP contribution is -2.04. The molecule has 0 aromatic heterocycles. The largest absolute Gasteiger partial charge is 0.316 e. The standard InChI is InChI=1S/C6H12N2/c1-6(7)4-3-5-8-2/h3-4,7-8H,5H2,1-2H3/b4-3-,7-6?. The molecule has 0 aromatic rings. The highest BCUT2D eigenvalue weighted by molar-refractivity contribution is 5.89. The van der Waals surface area contributed by atoms with Crippen LogP contribution in [0.25, 0.3) is 0 Å². The lowest BCUT2D eigenvalue weighted by atomic mass is 10.4. The van der Waals surface area contributed by atoms with Crippen LogP contribution in [-0.2, 0) is 0 Å². The molecule has 0 bridgehead atoms. The number of hydrogen-bond acceptors (Lipinski definition) is 2. The van der Waals surface area contributed by atoms with Gasteiger partial charge in [-0.05, 0) is 20.0 Å². The van der Waals surface area contributed by atoms with Crippen molar-refractivity contribution in [3.05, 3.63) is 12.2 Å². The Kier molecular flexibility index (Phi) is 4.17. The second kappa shape index (κ2) is 4.53. The topological polar surface area (TPSA) is 35.9 Å². The van der Waals surface area contributed by atoms with Gasteiger partial charge in [0.1, 0.15) is 0 Å². The molecule has 0 amide bonds. The van der Waals surface area contributed by atoms with E-state index in [4.69, 9.17) is 5.41 Å². The summed E-state index contributed by atoms with van der Waals surface area (Å²) >= 11 is 0. The van der Waals surface area contributed by atoms with E-state index in [1.54, 1.807) is 13.0 Å². The maximum Gasteiger partial charge on any atom is 0.0280 e. The molecule has 0 aliphatic carbocycles. The van der Waals surface area contributed by atoms with Crippen molar-refractivity contribution in [3.63, 3.8) is 0 Å². The Morgan fingerprint density at radius 2 is 2.38 bits per heavy atom. The van der Waals surface area contributed by atoms with Gasteiger partial charge < -0.3 is 10.7 Å². The summed E-state index contributed by atoms with van der Waals surface area (Å²) in [6.07, 6.45) is 3.69. The first kappa shape index (κ1) is 7.37. The highest BCUT2D eigenvalue weighted by Crippen LogP contribution is 1.71. The van der Waals surface area contributed by atoms with Crippen LogP contribution in [0.5, 0.6) is 0 Å². The summed E-state index contributed by atoms with van der Waals surface area (Å²) in [7, 11) is 1.88. The lowest BCUT2D eigenvalue weighted by molar-refractivity contribution is 0.920. The lowest BCUT2D eigenvalue weighted by Gasteiger charge is -1.85. The Labute approximate surface area is 50.1 Å². The Balaban J connectivity index is 3.20. The van der Waals surface area contributed by atoms with Gasteiger partial charge in [-0.3, -0.25) is 0 Å². The van der Waals surface area contributed by atoms with E-state index >= 15 is 0 Å². The summed E-state index contributed by atoms with van der Waals surface area (Å²) < 4.78 is 0. The number of likely N-dealkylation sites (N-methyl/N-ethyl adjacent to an activating group) is 1. The molecule has 0 aliphatic rings. The predicted octanol–water partition coefficient (Wildman–Crippen LogP) is 0.802. The molecule has 0 fully saturated rings. The molecule has 2 heteroatoms. The Bertz CT molecular complexity index is 94.7. The average molecular weight is 112 g/mol. The number of allylic oxidation sites excluding steroid dienone is 1. The minimum Gasteiger partial charge on any atom is -0.316 e. The van der Waals surface area contributed by atoms with Gasteiger partial charge in [-0.15, -0.1) is 0 Å². The first-order valence-corrected chi connectivity index (χ1v) is 2.63. The number of rotatable bonds is 3. The zero-order valence-electron chi connectivity index (χ0n) is 5.36. The average Bonchev–Trinajstić information content (AvgIpc) is 1.66. The van der Waals surface area contributed by atoms with E-state index in [1.807, 2.05) is 13.1 Å². The van der Waals surface area contributed by atoms with Gasteiger partial charge in [0, 0.05) is 12.3 Å². The quantitative estimate of drug-likeness (QED) is 0.520. The molecule has 0 saturated heterocycles. The molecule has 0 aliphatic heterocycles. The molecule has 8 heavy (non-hydrogen) atoms. The van der Waals surface area contributed by atoms with Gasteiger partial charge in [0.25, 0.3) is 0 Å². The van der Waals surface area contributed by atoms with Gasteiger partial charge in [-0.2, -0.15) is 0 Å². The first-order chi connectivity index (χ1) is 3.77. The van der Waals surface area contributed by atoms with Crippen molar-refractivity contribution in [2.45, 2.75) is 6.92 Å². The molecule has 0 heterocycles. The van der Waals surface area contributed by atoms with E-state index in [-0.39, 0.29) is 0 Å².